The van der Waals surface area contributed by atoms with Gasteiger partial charge >= 0.3 is 0 Å². The molecule has 0 saturated carbocycles. The summed E-state index contributed by atoms with van der Waals surface area (Å²) >= 11 is 3.14. The van der Waals surface area contributed by atoms with Gasteiger partial charge in [0, 0.05) is 25.7 Å². The Morgan fingerprint density at radius 2 is 2.05 bits per heavy atom. The van der Waals surface area contributed by atoms with Crippen molar-refractivity contribution < 1.29 is 18.7 Å². The summed E-state index contributed by atoms with van der Waals surface area (Å²) in [4.78, 5) is 12.7. The van der Waals surface area contributed by atoms with Crippen molar-refractivity contribution in [3.05, 3.63) is 34.1 Å². The monoisotopic (exact) mass is 356 g/mol. The minimum absolute atomic E-state index is 0.108. The number of ether oxygens (including phenoxy) is 2. The van der Waals surface area contributed by atoms with Crippen molar-refractivity contribution in [2.75, 3.05) is 19.8 Å². The van der Waals surface area contributed by atoms with Crippen LogP contribution in [0.25, 0.3) is 0 Å². The first-order valence-corrected chi connectivity index (χ1v) is 8.11. The van der Waals surface area contributed by atoms with Gasteiger partial charge in [0.15, 0.2) is 5.78 Å². The second-order valence-corrected chi connectivity index (χ2v) is 6.65. The lowest BCUT2D eigenvalue weighted by atomic mass is 9.78. The largest absolute Gasteiger partial charge is 0.381 e. The number of carbonyl (C=O) groups excluding carboxylic acids is 1. The molecule has 2 saturated heterocycles. The Hall–Kier alpha value is -0.780. The molecule has 0 bridgehead atoms. The summed E-state index contributed by atoms with van der Waals surface area (Å²) in [6.45, 7) is 1.91. The van der Waals surface area contributed by atoms with Crippen LogP contribution in [-0.4, -0.2) is 31.2 Å². The van der Waals surface area contributed by atoms with Gasteiger partial charge in [-0.2, -0.15) is 0 Å². The Bertz CT molecular complexity index is 535. The van der Waals surface area contributed by atoms with Crippen LogP contribution >= 0.6 is 15.9 Å². The maximum atomic E-state index is 14.1. The third-order valence-electron chi connectivity index (χ3n) is 4.48. The van der Waals surface area contributed by atoms with Crippen LogP contribution in [0.3, 0.4) is 0 Å². The Morgan fingerprint density at radius 1 is 1.29 bits per heavy atom. The van der Waals surface area contributed by atoms with E-state index >= 15 is 0 Å². The van der Waals surface area contributed by atoms with Crippen molar-refractivity contribution in [1.29, 1.82) is 0 Å². The second-order valence-electron chi connectivity index (χ2n) is 5.80. The van der Waals surface area contributed by atoms with Gasteiger partial charge < -0.3 is 9.47 Å². The summed E-state index contributed by atoms with van der Waals surface area (Å²) in [5.41, 5.74) is -0.0715. The molecule has 0 radical (unpaired) electrons. The Labute approximate surface area is 131 Å². The van der Waals surface area contributed by atoms with Crippen LogP contribution in [0.1, 0.15) is 36.0 Å². The van der Waals surface area contributed by atoms with E-state index in [9.17, 15) is 9.18 Å². The van der Waals surface area contributed by atoms with Gasteiger partial charge in [-0.25, -0.2) is 4.39 Å². The van der Waals surface area contributed by atoms with Crippen molar-refractivity contribution in [3.63, 3.8) is 0 Å². The minimum Gasteiger partial charge on any atom is -0.381 e. The van der Waals surface area contributed by atoms with Crippen LogP contribution < -0.4 is 0 Å². The molecular formula is C16H18BrFO3. The normalized spacial score (nSPS) is 25.0. The van der Waals surface area contributed by atoms with Gasteiger partial charge in [-0.05, 0) is 53.7 Å². The van der Waals surface area contributed by atoms with E-state index in [0.29, 0.717) is 37.1 Å². The van der Waals surface area contributed by atoms with Crippen LogP contribution in [0.15, 0.2) is 22.7 Å². The van der Waals surface area contributed by atoms with Crippen LogP contribution in [0, 0.1) is 11.7 Å². The smallest absolute Gasteiger partial charge is 0.169 e. The van der Waals surface area contributed by atoms with Crippen LogP contribution in [0.2, 0.25) is 0 Å². The molecule has 114 valence electrons. The molecule has 2 heterocycles. The maximum Gasteiger partial charge on any atom is 0.169 e. The molecule has 1 spiro atoms. The molecule has 0 aromatic heterocycles. The van der Waals surface area contributed by atoms with Crippen LogP contribution in [-0.2, 0) is 9.47 Å². The zero-order chi connectivity index (χ0) is 14.9. The van der Waals surface area contributed by atoms with E-state index in [1.165, 1.54) is 0 Å². The van der Waals surface area contributed by atoms with E-state index in [1.54, 1.807) is 18.2 Å². The highest BCUT2D eigenvalue weighted by Gasteiger charge is 2.41. The summed E-state index contributed by atoms with van der Waals surface area (Å²) in [7, 11) is 0. The molecule has 21 heavy (non-hydrogen) atoms. The highest BCUT2D eigenvalue weighted by atomic mass is 79.9. The average molecular weight is 357 g/mol. The molecule has 2 aliphatic heterocycles. The fourth-order valence-corrected chi connectivity index (χ4v) is 3.62. The zero-order valence-electron chi connectivity index (χ0n) is 11.7. The molecule has 1 atom stereocenters. The lowest BCUT2D eigenvalue weighted by Crippen LogP contribution is -2.46. The second kappa shape index (κ2) is 6.15. The van der Waals surface area contributed by atoms with E-state index < -0.39 is 5.82 Å². The molecule has 2 fully saturated rings. The number of rotatable bonds is 2. The number of hydrogen-bond acceptors (Lipinski definition) is 3. The highest BCUT2D eigenvalue weighted by molar-refractivity contribution is 9.10. The molecule has 2 aliphatic rings. The molecule has 0 aliphatic carbocycles. The lowest BCUT2D eigenvalue weighted by molar-refractivity contribution is -0.142. The standard InChI is InChI=1S/C16H18BrFO3/c17-13-3-1-2-12(14(13)18)15(19)11-4-7-21-16(10-11)5-8-20-9-6-16/h1-3,11H,4-10H2. The van der Waals surface area contributed by atoms with Gasteiger partial charge in [0.1, 0.15) is 5.82 Å². The minimum atomic E-state index is -0.463. The first-order valence-electron chi connectivity index (χ1n) is 7.31. The third kappa shape index (κ3) is 3.05. The van der Waals surface area contributed by atoms with E-state index in [0.717, 1.165) is 12.8 Å². The van der Waals surface area contributed by atoms with Crippen LogP contribution in [0.5, 0.6) is 0 Å². The zero-order valence-corrected chi connectivity index (χ0v) is 13.3. The van der Waals surface area contributed by atoms with Gasteiger partial charge in [-0.3, -0.25) is 4.79 Å². The van der Waals surface area contributed by atoms with Gasteiger partial charge in [0.05, 0.1) is 15.6 Å². The fraction of sp³-hybridized carbons (Fsp3) is 0.562. The predicted molar refractivity (Wildman–Crippen MR) is 79.9 cm³/mol. The molecular weight excluding hydrogens is 339 g/mol. The molecule has 3 nitrogen and oxygen atoms in total. The Morgan fingerprint density at radius 3 is 2.81 bits per heavy atom. The average Bonchev–Trinajstić information content (AvgIpc) is 2.50. The van der Waals surface area contributed by atoms with Gasteiger partial charge in [-0.1, -0.05) is 6.07 Å². The van der Waals surface area contributed by atoms with Crippen molar-refractivity contribution in [2.45, 2.75) is 31.3 Å². The number of ketones is 1. The summed E-state index contributed by atoms with van der Waals surface area (Å²) < 4.78 is 25.8. The number of hydrogen-bond donors (Lipinski definition) is 0. The third-order valence-corrected chi connectivity index (χ3v) is 5.10. The molecule has 1 unspecified atom stereocenters. The van der Waals surface area contributed by atoms with Crippen LogP contribution in [0.4, 0.5) is 4.39 Å². The molecule has 1 aromatic rings. The SMILES string of the molecule is O=C(c1cccc(Br)c1F)C1CCOC2(CCOCC2)C1. The first kappa shape index (κ1) is 15.1. The van der Waals surface area contributed by atoms with Gasteiger partial charge in [0.25, 0.3) is 0 Å². The van der Waals surface area contributed by atoms with Crippen molar-refractivity contribution in [2.24, 2.45) is 5.92 Å². The van der Waals surface area contributed by atoms with Crippen molar-refractivity contribution in [3.8, 4) is 0 Å². The molecule has 3 rings (SSSR count). The number of halogens is 2. The molecule has 0 amide bonds. The quantitative estimate of drug-likeness (QED) is 0.757. The van der Waals surface area contributed by atoms with E-state index in [4.69, 9.17) is 9.47 Å². The fourth-order valence-electron chi connectivity index (χ4n) is 3.26. The number of carbonyl (C=O) groups is 1. The number of benzene rings is 1. The van der Waals surface area contributed by atoms with Crippen molar-refractivity contribution >= 4 is 21.7 Å². The van der Waals surface area contributed by atoms with Gasteiger partial charge in [0.2, 0.25) is 0 Å². The molecule has 1 aromatic carbocycles. The topological polar surface area (TPSA) is 35.5 Å². The van der Waals surface area contributed by atoms with Crippen molar-refractivity contribution in [1.82, 2.24) is 0 Å². The molecule has 0 N–H and O–H groups in total. The molecule has 5 heteroatoms. The van der Waals surface area contributed by atoms with E-state index in [2.05, 4.69) is 15.9 Å². The lowest BCUT2D eigenvalue weighted by Gasteiger charge is -2.42. The Kier molecular flexibility index (Phi) is 4.43. The van der Waals surface area contributed by atoms with Gasteiger partial charge in [-0.15, -0.1) is 0 Å². The maximum absolute atomic E-state index is 14.1. The Balaban J connectivity index is 1.79. The first-order chi connectivity index (χ1) is 10.1. The van der Waals surface area contributed by atoms with E-state index in [-0.39, 0.29) is 22.9 Å². The predicted octanol–water partition coefficient (Wildman–Crippen LogP) is 3.75. The number of Topliss-reactive ketones (excluding diaryl/α,β-unsaturated/α-hetero) is 1. The highest BCUT2D eigenvalue weighted by Crippen LogP contribution is 2.38. The summed E-state index contributed by atoms with van der Waals surface area (Å²) in [6, 6.07) is 4.87. The summed E-state index contributed by atoms with van der Waals surface area (Å²) in [6.07, 6.45) is 2.96. The summed E-state index contributed by atoms with van der Waals surface area (Å²) in [5, 5.41) is 0. The van der Waals surface area contributed by atoms with E-state index in [1.807, 2.05) is 0 Å². The summed E-state index contributed by atoms with van der Waals surface area (Å²) in [5.74, 6) is -0.737.